The molecule has 0 bridgehead atoms. The lowest BCUT2D eigenvalue weighted by molar-refractivity contribution is -0.151. The van der Waals surface area contributed by atoms with Gasteiger partial charge in [0.15, 0.2) is 0 Å². The fraction of sp³-hybridized carbons (Fsp3) is 0.818. The largest absolute Gasteiger partial charge is 0.480 e. The summed E-state index contributed by atoms with van der Waals surface area (Å²) in [5.74, 6) is -0.589. The van der Waals surface area contributed by atoms with Crippen molar-refractivity contribution in [3.05, 3.63) is 0 Å². The lowest BCUT2D eigenvalue weighted by atomic mass is 10.1. The summed E-state index contributed by atoms with van der Waals surface area (Å²) >= 11 is 0. The SMILES string of the molecule is O=C(O)[C@@H]1C[C@@H]2C[C@@H]2N1C(=O)[C@H]1COCCN1. The molecule has 3 fully saturated rings. The third kappa shape index (κ3) is 1.81. The summed E-state index contributed by atoms with van der Waals surface area (Å²) < 4.78 is 5.25. The molecular weight excluding hydrogens is 224 g/mol. The first kappa shape index (κ1) is 11.0. The van der Waals surface area contributed by atoms with Crippen molar-refractivity contribution in [2.45, 2.75) is 31.0 Å². The third-order valence-corrected chi connectivity index (χ3v) is 3.86. The Bertz CT molecular complexity index is 353. The molecule has 4 atom stereocenters. The molecule has 2 N–H and O–H groups in total. The molecule has 2 saturated heterocycles. The number of hydrogen-bond donors (Lipinski definition) is 2. The van der Waals surface area contributed by atoms with Gasteiger partial charge in [-0.25, -0.2) is 4.79 Å². The van der Waals surface area contributed by atoms with Crippen LogP contribution >= 0.6 is 0 Å². The number of ether oxygens (including phenoxy) is 1. The predicted octanol–water partition coefficient (Wildman–Crippen LogP) is -0.951. The number of carbonyl (C=O) groups excluding carboxylic acids is 1. The Labute approximate surface area is 98.9 Å². The number of amides is 1. The molecule has 17 heavy (non-hydrogen) atoms. The molecule has 6 heteroatoms. The van der Waals surface area contributed by atoms with Gasteiger partial charge in [-0.2, -0.15) is 0 Å². The lowest BCUT2D eigenvalue weighted by Crippen LogP contribution is -2.55. The lowest BCUT2D eigenvalue weighted by Gasteiger charge is -2.31. The predicted molar refractivity (Wildman–Crippen MR) is 57.4 cm³/mol. The highest BCUT2D eigenvalue weighted by Crippen LogP contribution is 2.48. The van der Waals surface area contributed by atoms with Crippen LogP contribution in [0.2, 0.25) is 0 Å². The molecule has 0 aromatic carbocycles. The molecule has 0 aromatic rings. The molecule has 0 aromatic heterocycles. The zero-order valence-corrected chi connectivity index (χ0v) is 9.46. The number of hydrogen-bond acceptors (Lipinski definition) is 4. The quantitative estimate of drug-likeness (QED) is 0.650. The summed E-state index contributed by atoms with van der Waals surface area (Å²) in [7, 11) is 0. The van der Waals surface area contributed by atoms with Gasteiger partial charge in [0.2, 0.25) is 5.91 Å². The van der Waals surface area contributed by atoms with Gasteiger partial charge in [0.25, 0.3) is 0 Å². The number of rotatable bonds is 2. The van der Waals surface area contributed by atoms with Crippen LogP contribution in [0.4, 0.5) is 0 Å². The van der Waals surface area contributed by atoms with Crippen LogP contribution in [0.5, 0.6) is 0 Å². The number of piperidine rings is 1. The van der Waals surface area contributed by atoms with E-state index >= 15 is 0 Å². The Morgan fingerprint density at radius 2 is 2.18 bits per heavy atom. The number of nitrogens with zero attached hydrogens (tertiary/aromatic N) is 1. The molecule has 2 heterocycles. The maximum atomic E-state index is 12.3. The van der Waals surface area contributed by atoms with Crippen molar-refractivity contribution in [1.82, 2.24) is 10.2 Å². The highest BCUT2D eigenvalue weighted by molar-refractivity contribution is 5.88. The van der Waals surface area contributed by atoms with Crippen molar-refractivity contribution >= 4 is 11.9 Å². The molecule has 0 unspecified atom stereocenters. The number of carboxylic acids is 1. The van der Waals surface area contributed by atoms with Crippen molar-refractivity contribution in [3.8, 4) is 0 Å². The summed E-state index contributed by atoms with van der Waals surface area (Å²) in [6, 6.07) is -0.841. The van der Waals surface area contributed by atoms with E-state index in [0.29, 0.717) is 32.1 Å². The maximum Gasteiger partial charge on any atom is 0.326 e. The zero-order valence-electron chi connectivity index (χ0n) is 9.46. The van der Waals surface area contributed by atoms with Crippen LogP contribution in [-0.2, 0) is 14.3 Å². The molecule has 3 rings (SSSR count). The molecule has 0 radical (unpaired) electrons. The van der Waals surface area contributed by atoms with Crippen molar-refractivity contribution in [2.24, 2.45) is 5.92 Å². The molecule has 1 aliphatic carbocycles. The Kier molecular flexibility index (Phi) is 2.56. The van der Waals surface area contributed by atoms with Crippen LogP contribution in [0.3, 0.4) is 0 Å². The van der Waals surface area contributed by atoms with E-state index in [1.807, 2.05) is 0 Å². The van der Waals surface area contributed by atoms with Crippen molar-refractivity contribution < 1.29 is 19.4 Å². The highest BCUT2D eigenvalue weighted by atomic mass is 16.5. The number of nitrogens with one attached hydrogen (secondary N) is 1. The van der Waals surface area contributed by atoms with Crippen LogP contribution in [0.25, 0.3) is 0 Å². The van der Waals surface area contributed by atoms with Crippen molar-refractivity contribution in [1.29, 1.82) is 0 Å². The number of likely N-dealkylation sites (tertiary alicyclic amines) is 1. The summed E-state index contributed by atoms with van der Waals surface area (Å²) in [6.07, 6.45) is 1.57. The topological polar surface area (TPSA) is 78.9 Å². The smallest absolute Gasteiger partial charge is 0.326 e. The zero-order chi connectivity index (χ0) is 12.0. The Hall–Kier alpha value is -1.14. The molecule has 2 aliphatic heterocycles. The van der Waals surface area contributed by atoms with E-state index in [1.54, 1.807) is 4.90 Å². The normalized spacial score (nSPS) is 39.9. The van der Waals surface area contributed by atoms with Crippen LogP contribution < -0.4 is 5.32 Å². The minimum atomic E-state index is -0.887. The number of fused-ring (bicyclic) bond motifs is 1. The minimum absolute atomic E-state index is 0.109. The second kappa shape index (κ2) is 3.96. The first-order valence-corrected chi connectivity index (χ1v) is 6.04. The van der Waals surface area contributed by atoms with Crippen molar-refractivity contribution in [2.75, 3.05) is 19.8 Å². The van der Waals surface area contributed by atoms with Gasteiger partial charge in [0.1, 0.15) is 12.1 Å². The second-order valence-electron chi connectivity index (χ2n) is 4.98. The van der Waals surface area contributed by atoms with Gasteiger partial charge in [-0.1, -0.05) is 0 Å². The molecule has 6 nitrogen and oxygen atoms in total. The van der Waals surface area contributed by atoms with E-state index < -0.39 is 12.0 Å². The van der Waals surface area contributed by atoms with Crippen molar-refractivity contribution in [3.63, 3.8) is 0 Å². The van der Waals surface area contributed by atoms with E-state index in [0.717, 1.165) is 6.42 Å². The van der Waals surface area contributed by atoms with Gasteiger partial charge >= 0.3 is 5.97 Å². The van der Waals surface area contributed by atoms with Gasteiger partial charge in [-0.15, -0.1) is 0 Å². The van der Waals surface area contributed by atoms with Crippen LogP contribution in [-0.4, -0.2) is 59.8 Å². The highest BCUT2D eigenvalue weighted by Gasteiger charge is 2.57. The second-order valence-corrected chi connectivity index (χ2v) is 4.98. The van der Waals surface area contributed by atoms with E-state index in [4.69, 9.17) is 9.84 Å². The van der Waals surface area contributed by atoms with E-state index in [1.165, 1.54) is 0 Å². The number of morpholine rings is 1. The van der Waals surface area contributed by atoms with Crippen LogP contribution in [0, 0.1) is 5.92 Å². The van der Waals surface area contributed by atoms with E-state index in [-0.39, 0.29) is 18.0 Å². The summed E-state index contributed by atoms with van der Waals surface area (Å²) in [6.45, 7) is 1.60. The molecular formula is C11H16N2O4. The molecule has 3 aliphatic rings. The molecule has 0 spiro atoms. The summed E-state index contributed by atoms with van der Waals surface area (Å²) in [4.78, 5) is 25.0. The Balaban J connectivity index is 1.72. The molecule has 1 saturated carbocycles. The number of carbonyl (C=O) groups is 2. The first-order valence-electron chi connectivity index (χ1n) is 6.04. The minimum Gasteiger partial charge on any atom is -0.480 e. The van der Waals surface area contributed by atoms with Gasteiger partial charge in [-0.05, 0) is 18.8 Å². The standard InChI is InChI=1S/C11H16N2O4/c14-10(7-5-17-2-1-12-7)13-8-3-6(8)4-9(13)11(15)16/h6-9,12H,1-5H2,(H,15,16)/t6-,7+,8-,9-/m0/s1. The first-order chi connectivity index (χ1) is 8.18. The van der Waals surface area contributed by atoms with Gasteiger partial charge < -0.3 is 20.1 Å². The fourth-order valence-corrected chi connectivity index (χ4v) is 2.90. The van der Waals surface area contributed by atoms with E-state index in [2.05, 4.69) is 5.32 Å². The average molecular weight is 240 g/mol. The maximum absolute atomic E-state index is 12.3. The Morgan fingerprint density at radius 3 is 2.82 bits per heavy atom. The van der Waals surface area contributed by atoms with Crippen LogP contribution in [0.15, 0.2) is 0 Å². The fourth-order valence-electron chi connectivity index (χ4n) is 2.90. The average Bonchev–Trinajstić information content (AvgIpc) is 3.00. The van der Waals surface area contributed by atoms with E-state index in [9.17, 15) is 9.59 Å². The Morgan fingerprint density at radius 1 is 1.35 bits per heavy atom. The van der Waals surface area contributed by atoms with Gasteiger partial charge in [-0.3, -0.25) is 4.79 Å². The molecule has 94 valence electrons. The monoisotopic (exact) mass is 240 g/mol. The van der Waals surface area contributed by atoms with Gasteiger partial charge in [0, 0.05) is 12.6 Å². The van der Waals surface area contributed by atoms with Crippen LogP contribution in [0.1, 0.15) is 12.8 Å². The third-order valence-electron chi connectivity index (χ3n) is 3.86. The molecule has 1 amide bonds. The number of carboxylic acid groups (broad SMARTS) is 1. The van der Waals surface area contributed by atoms with Gasteiger partial charge in [0.05, 0.1) is 13.2 Å². The summed E-state index contributed by atoms with van der Waals surface area (Å²) in [5, 5.41) is 12.2. The number of aliphatic carboxylic acids is 1. The summed E-state index contributed by atoms with van der Waals surface area (Å²) in [5.41, 5.74) is 0.